The molecule has 2 atom stereocenters. The Labute approximate surface area is 101 Å². The summed E-state index contributed by atoms with van der Waals surface area (Å²) < 4.78 is 5.60. The second-order valence-corrected chi connectivity index (χ2v) is 5.24. The Morgan fingerprint density at radius 2 is 2.00 bits per heavy atom. The maximum atomic E-state index is 11.0. The predicted octanol–water partition coefficient (Wildman–Crippen LogP) is 2.56. The van der Waals surface area contributed by atoms with E-state index >= 15 is 0 Å². The van der Waals surface area contributed by atoms with E-state index in [4.69, 9.17) is 9.84 Å². The van der Waals surface area contributed by atoms with Crippen molar-refractivity contribution in [3.8, 4) is 0 Å². The molecule has 0 spiro atoms. The fourth-order valence-electron chi connectivity index (χ4n) is 2.42. The second kappa shape index (κ2) is 4.49. The average Bonchev–Trinajstić information content (AvgIpc) is 2.82. The van der Waals surface area contributed by atoms with Gasteiger partial charge in [0.2, 0.25) is 0 Å². The summed E-state index contributed by atoms with van der Waals surface area (Å²) in [5, 5.41) is 9.02. The highest BCUT2D eigenvalue weighted by Crippen LogP contribution is 2.58. The summed E-state index contributed by atoms with van der Waals surface area (Å²) in [7, 11) is 0. The van der Waals surface area contributed by atoms with Crippen molar-refractivity contribution in [2.24, 2.45) is 17.3 Å². The second-order valence-electron chi connectivity index (χ2n) is 5.24. The van der Waals surface area contributed by atoms with Gasteiger partial charge in [-0.15, -0.1) is 0 Å². The Hall–Kier alpha value is -1.35. The third kappa shape index (κ3) is 2.50. The van der Waals surface area contributed by atoms with Gasteiger partial charge in [-0.05, 0) is 11.0 Å². The molecule has 0 amide bonds. The molecule has 1 aromatic rings. The molecule has 0 saturated heterocycles. The lowest BCUT2D eigenvalue weighted by molar-refractivity contribution is -0.139. The van der Waals surface area contributed by atoms with Crippen LogP contribution in [0.5, 0.6) is 0 Å². The van der Waals surface area contributed by atoms with Crippen molar-refractivity contribution in [2.75, 3.05) is 6.61 Å². The van der Waals surface area contributed by atoms with E-state index in [9.17, 15) is 4.79 Å². The van der Waals surface area contributed by atoms with Crippen LogP contribution in [0.2, 0.25) is 0 Å². The van der Waals surface area contributed by atoms with Crippen LogP contribution in [0, 0.1) is 17.3 Å². The predicted molar refractivity (Wildman–Crippen MR) is 64.5 cm³/mol. The van der Waals surface area contributed by atoms with Crippen LogP contribution in [-0.2, 0) is 16.1 Å². The van der Waals surface area contributed by atoms with Crippen molar-refractivity contribution in [1.29, 1.82) is 0 Å². The lowest BCUT2D eigenvalue weighted by Gasteiger charge is -2.05. The highest BCUT2D eigenvalue weighted by Gasteiger charge is 2.61. The fraction of sp³-hybridized carbons (Fsp3) is 0.500. The van der Waals surface area contributed by atoms with Crippen molar-refractivity contribution in [3.63, 3.8) is 0 Å². The number of carbonyl (C=O) groups is 1. The molecule has 0 heterocycles. The Balaban J connectivity index is 1.79. The number of aliphatic carboxylic acids is 1. The van der Waals surface area contributed by atoms with Gasteiger partial charge in [0, 0.05) is 5.92 Å². The minimum absolute atomic E-state index is 0.122. The first-order chi connectivity index (χ1) is 8.03. The van der Waals surface area contributed by atoms with E-state index in [1.807, 2.05) is 44.2 Å². The monoisotopic (exact) mass is 234 g/mol. The molecule has 1 fully saturated rings. The van der Waals surface area contributed by atoms with Gasteiger partial charge >= 0.3 is 5.97 Å². The molecule has 3 nitrogen and oxygen atoms in total. The van der Waals surface area contributed by atoms with E-state index in [-0.39, 0.29) is 17.3 Å². The van der Waals surface area contributed by atoms with Crippen LogP contribution in [0.25, 0.3) is 0 Å². The number of benzene rings is 1. The molecule has 0 aliphatic heterocycles. The Kier molecular flexibility index (Phi) is 3.20. The van der Waals surface area contributed by atoms with E-state index in [2.05, 4.69) is 0 Å². The molecular weight excluding hydrogens is 216 g/mol. The summed E-state index contributed by atoms with van der Waals surface area (Å²) in [5.41, 5.74) is 1.00. The lowest BCUT2D eigenvalue weighted by Crippen LogP contribution is -2.04. The minimum Gasteiger partial charge on any atom is -0.481 e. The van der Waals surface area contributed by atoms with Crippen molar-refractivity contribution in [2.45, 2.75) is 20.5 Å². The van der Waals surface area contributed by atoms with Crippen LogP contribution in [0.15, 0.2) is 30.3 Å². The summed E-state index contributed by atoms with van der Waals surface area (Å²) >= 11 is 0. The Morgan fingerprint density at radius 1 is 1.35 bits per heavy atom. The zero-order chi connectivity index (χ0) is 12.5. The van der Waals surface area contributed by atoms with Crippen molar-refractivity contribution in [1.82, 2.24) is 0 Å². The van der Waals surface area contributed by atoms with Crippen LogP contribution in [0.4, 0.5) is 0 Å². The number of rotatable bonds is 5. The molecule has 0 aromatic heterocycles. The molecule has 0 bridgehead atoms. The quantitative estimate of drug-likeness (QED) is 0.851. The first-order valence-electron chi connectivity index (χ1n) is 5.88. The molecule has 1 unspecified atom stereocenters. The molecule has 92 valence electrons. The van der Waals surface area contributed by atoms with E-state index < -0.39 is 5.97 Å². The number of hydrogen-bond acceptors (Lipinski definition) is 2. The molecule has 17 heavy (non-hydrogen) atoms. The molecular formula is C14H18O3. The summed E-state index contributed by atoms with van der Waals surface area (Å²) in [4.78, 5) is 11.0. The van der Waals surface area contributed by atoms with Gasteiger partial charge in [0.05, 0.1) is 19.1 Å². The van der Waals surface area contributed by atoms with Gasteiger partial charge in [0.15, 0.2) is 0 Å². The lowest BCUT2D eigenvalue weighted by atomic mass is 10.1. The average molecular weight is 234 g/mol. The Morgan fingerprint density at radius 3 is 2.53 bits per heavy atom. The van der Waals surface area contributed by atoms with Crippen LogP contribution in [0.1, 0.15) is 19.4 Å². The summed E-state index contributed by atoms with van der Waals surface area (Å²) in [6.45, 7) is 5.06. The number of carboxylic acid groups (broad SMARTS) is 1. The smallest absolute Gasteiger partial charge is 0.307 e. The molecule has 0 radical (unpaired) electrons. The van der Waals surface area contributed by atoms with Crippen LogP contribution < -0.4 is 0 Å². The van der Waals surface area contributed by atoms with Gasteiger partial charge in [-0.25, -0.2) is 0 Å². The minimum atomic E-state index is -0.705. The maximum absolute atomic E-state index is 11.0. The van der Waals surface area contributed by atoms with Gasteiger partial charge in [-0.1, -0.05) is 44.2 Å². The first-order valence-corrected chi connectivity index (χ1v) is 5.88. The van der Waals surface area contributed by atoms with E-state index in [1.54, 1.807) is 0 Å². The van der Waals surface area contributed by atoms with Gasteiger partial charge in [-0.2, -0.15) is 0 Å². The van der Waals surface area contributed by atoms with Crippen molar-refractivity contribution >= 4 is 5.97 Å². The zero-order valence-corrected chi connectivity index (χ0v) is 10.2. The van der Waals surface area contributed by atoms with Gasteiger partial charge in [0.1, 0.15) is 0 Å². The van der Waals surface area contributed by atoms with Crippen molar-refractivity contribution < 1.29 is 14.6 Å². The Bertz CT molecular complexity index is 397. The van der Waals surface area contributed by atoms with Crippen LogP contribution in [0.3, 0.4) is 0 Å². The van der Waals surface area contributed by atoms with E-state index in [0.717, 1.165) is 5.56 Å². The molecule has 3 heteroatoms. The van der Waals surface area contributed by atoms with Crippen LogP contribution >= 0.6 is 0 Å². The summed E-state index contributed by atoms with van der Waals surface area (Å²) in [6.07, 6.45) is 0. The number of carboxylic acids is 1. The molecule has 1 aliphatic carbocycles. The fourth-order valence-corrected chi connectivity index (χ4v) is 2.42. The standard InChI is InChI=1S/C14H18O3/c1-14(2)11(12(14)13(15)16)9-17-8-10-6-4-3-5-7-10/h3-7,11-12H,8-9H2,1-2H3,(H,15,16)/t11?,12-/m0/s1. The number of ether oxygens (including phenoxy) is 1. The van der Waals surface area contributed by atoms with E-state index in [0.29, 0.717) is 13.2 Å². The van der Waals surface area contributed by atoms with Gasteiger partial charge in [0.25, 0.3) is 0 Å². The molecule has 2 rings (SSSR count). The van der Waals surface area contributed by atoms with E-state index in [1.165, 1.54) is 0 Å². The SMILES string of the molecule is CC1(C)C(COCc2ccccc2)[C@H]1C(=O)O. The maximum Gasteiger partial charge on any atom is 0.307 e. The molecule has 1 aliphatic rings. The molecule has 1 saturated carbocycles. The van der Waals surface area contributed by atoms with Gasteiger partial charge in [-0.3, -0.25) is 4.79 Å². The third-order valence-corrected chi connectivity index (χ3v) is 3.73. The number of hydrogen-bond donors (Lipinski definition) is 1. The normalized spacial score (nSPS) is 25.5. The van der Waals surface area contributed by atoms with Crippen molar-refractivity contribution in [3.05, 3.63) is 35.9 Å². The molecule has 1 aromatic carbocycles. The summed E-state index contributed by atoms with van der Waals surface area (Å²) in [5.74, 6) is -0.815. The zero-order valence-electron chi connectivity index (χ0n) is 10.2. The highest BCUT2D eigenvalue weighted by atomic mass is 16.5. The largest absolute Gasteiger partial charge is 0.481 e. The van der Waals surface area contributed by atoms with Gasteiger partial charge < -0.3 is 9.84 Å². The third-order valence-electron chi connectivity index (χ3n) is 3.73. The first kappa shape index (κ1) is 12.1. The highest BCUT2D eigenvalue weighted by molar-refractivity contribution is 5.75. The van der Waals surface area contributed by atoms with Crippen LogP contribution in [-0.4, -0.2) is 17.7 Å². The molecule has 1 N–H and O–H groups in total. The topological polar surface area (TPSA) is 46.5 Å². The summed E-state index contributed by atoms with van der Waals surface area (Å²) in [6, 6.07) is 9.92.